The van der Waals surface area contributed by atoms with Crippen LogP contribution in [0.2, 0.25) is 0 Å². The van der Waals surface area contributed by atoms with Gasteiger partial charge in [0.05, 0.1) is 52.9 Å². The summed E-state index contributed by atoms with van der Waals surface area (Å²) in [4.78, 5) is 10.5. The number of benzene rings is 1. The monoisotopic (exact) mass is 371 g/mol. The molecule has 2 N–H and O–H groups in total. The Labute approximate surface area is 154 Å². The molecule has 148 valence electrons. The Kier molecular flexibility index (Phi) is 13.1. The van der Waals surface area contributed by atoms with Crippen molar-refractivity contribution in [2.45, 2.75) is 6.92 Å². The minimum atomic E-state index is -0.305. The molecule has 0 bridgehead atoms. The molecule has 0 aliphatic carbocycles. The van der Waals surface area contributed by atoms with Gasteiger partial charge in [0.2, 0.25) is 0 Å². The minimum absolute atomic E-state index is 0.267. The van der Waals surface area contributed by atoms with Gasteiger partial charge in [0.1, 0.15) is 19.0 Å². The highest BCUT2D eigenvalue weighted by Gasteiger charge is 1.96. The molecule has 0 aliphatic heterocycles. The molecule has 8 nitrogen and oxygen atoms in total. The number of esters is 1. The predicted octanol–water partition coefficient (Wildman–Crippen LogP) is 1.28. The van der Waals surface area contributed by atoms with Gasteiger partial charge in [-0.25, -0.2) is 0 Å². The molecule has 1 aromatic rings. The maximum atomic E-state index is 10.5. The predicted molar refractivity (Wildman–Crippen MR) is 96.3 cm³/mol. The Morgan fingerprint density at radius 3 is 1.62 bits per heavy atom. The third-order valence-corrected chi connectivity index (χ3v) is 3.03. The van der Waals surface area contributed by atoms with Crippen molar-refractivity contribution in [1.29, 1.82) is 0 Å². The van der Waals surface area contributed by atoms with E-state index in [1.165, 1.54) is 6.92 Å². The van der Waals surface area contributed by atoms with Gasteiger partial charge in [-0.3, -0.25) is 4.79 Å². The molecule has 26 heavy (non-hydrogen) atoms. The van der Waals surface area contributed by atoms with Gasteiger partial charge in [-0.2, -0.15) is 0 Å². The zero-order chi connectivity index (χ0) is 18.9. The maximum Gasteiger partial charge on any atom is 0.302 e. The lowest BCUT2D eigenvalue weighted by Crippen LogP contribution is -2.14. The third-order valence-electron chi connectivity index (χ3n) is 3.03. The van der Waals surface area contributed by atoms with Crippen LogP contribution in [0.25, 0.3) is 0 Å². The lowest BCUT2D eigenvalue weighted by molar-refractivity contribution is -0.142. The molecule has 0 fully saturated rings. The number of anilines is 1. The van der Waals surface area contributed by atoms with Gasteiger partial charge in [0, 0.05) is 12.6 Å². The zero-order valence-electron chi connectivity index (χ0n) is 15.3. The van der Waals surface area contributed by atoms with Crippen molar-refractivity contribution >= 4 is 11.7 Å². The molecule has 0 heterocycles. The molecule has 0 amide bonds. The standard InChI is InChI=1S/C18H29NO7/c1-16(20)25-14-12-23-10-8-21-6-7-22-9-11-24-13-15-26-18-4-2-17(19)3-5-18/h2-5H,6-15,19H2,1H3. The van der Waals surface area contributed by atoms with Crippen LogP contribution in [0.4, 0.5) is 5.69 Å². The van der Waals surface area contributed by atoms with Crippen LogP contribution in [0, 0.1) is 0 Å². The number of carbonyl (C=O) groups is 1. The molecule has 1 aromatic carbocycles. The van der Waals surface area contributed by atoms with Crippen LogP contribution in [0.5, 0.6) is 5.75 Å². The van der Waals surface area contributed by atoms with E-state index in [1.807, 2.05) is 12.1 Å². The fourth-order valence-corrected chi connectivity index (χ4v) is 1.79. The van der Waals surface area contributed by atoms with Crippen molar-refractivity contribution in [3.8, 4) is 5.75 Å². The molecule has 0 aromatic heterocycles. The molecule has 0 saturated carbocycles. The first kappa shape index (κ1) is 22.2. The van der Waals surface area contributed by atoms with Crippen LogP contribution >= 0.6 is 0 Å². The molecular weight excluding hydrogens is 342 g/mol. The number of nitrogen functional groups attached to an aromatic ring is 1. The second kappa shape index (κ2) is 15.4. The van der Waals surface area contributed by atoms with Gasteiger partial charge in [0.15, 0.2) is 0 Å². The van der Waals surface area contributed by atoms with Crippen molar-refractivity contribution in [1.82, 2.24) is 0 Å². The summed E-state index contributed by atoms with van der Waals surface area (Å²) in [5.74, 6) is 0.465. The molecular formula is C18H29NO7. The maximum absolute atomic E-state index is 10.5. The van der Waals surface area contributed by atoms with Gasteiger partial charge >= 0.3 is 5.97 Å². The second-order valence-corrected chi connectivity index (χ2v) is 5.21. The van der Waals surface area contributed by atoms with E-state index < -0.39 is 0 Å². The quantitative estimate of drug-likeness (QED) is 0.264. The van der Waals surface area contributed by atoms with Gasteiger partial charge < -0.3 is 34.2 Å². The minimum Gasteiger partial charge on any atom is -0.491 e. The van der Waals surface area contributed by atoms with Crippen molar-refractivity contribution in [2.24, 2.45) is 0 Å². The molecule has 0 atom stereocenters. The van der Waals surface area contributed by atoms with E-state index >= 15 is 0 Å². The van der Waals surface area contributed by atoms with Gasteiger partial charge in [-0.15, -0.1) is 0 Å². The summed E-state index contributed by atoms with van der Waals surface area (Å²) >= 11 is 0. The fraction of sp³-hybridized carbons (Fsp3) is 0.611. The lowest BCUT2D eigenvalue weighted by Gasteiger charge is -2.08. The number of ether oxygens (including phenoxy) is 6. The SMILES string of the molecule is CC(=O)OCCOCCOCCOCCOCCOc1ccc(N)cc1. The summed E-state index contributed by atoms with van der Waals surface area (Å²) in [5, 5.41) is 0. The van der Waals surface area contributed by atoms with E-state index in [2.05, 4.69) is 0 Å². The van der Waals surface area contributed by atoms with E-state index in [-0.39, 0.29) is 12.6 Å². The summed E-state index contributed by atoms with van der Waals surface area (Å²) in [6, 6.07) is 7.23. The van der Waals surface area contributed by atoms with Crippen molar-refractivity contribution < 1.29 is 33.2 Å². The third kappa shape index (κ3) is 13.4. The van der Waals surface area contributed by atoms with Crippen molar-refractivity contribution in [3.05, 3.63) is 24.3 Å². The highest BCUT2D eigenvalue weighted by molar-refractivity contribution is 5.65. The van der Waals surface area contributed by atoms with Gasteiger partial charge in [-0.1, -0.05) is 0 Å². The van der Waals surface area contributed by atoms with Crippen LogP contribution in [0.15, 0.2) is 24.3 Å². The Morgan fingerprint density at radius 1 is 0.731 bits per heavy atom. The van der Waals surface area contributed by atoms with Crippen molar-refractivity contribution in [2.75, 3.05) is 71.8 Å². The van der Waals surface area contributed by atoms with Crippen molar-refractivity contribution in [3.63, 3.8) is 0 Å². The first-order chi connectivity index (χ1) is 12.7. The largest absolute Gasteiger partial charge is 0.491 e. The summed E-state index contributed by atoms with van der Waals surface area (Å²) in [6.07, 6.45) is 0. The average molecular weight is 371 g/mol. The smallest absolute Gasteiger partial charge is 0.302 e. The van der Waals surface area contributed by atoms with E-state index in [9.17, 15) is 4.79 Å². The summed E-state index contributed by atoms with van der Waals surface area (Å²) in [5.41, 5.74) is 6.31. The Bertz CT molecular complexity index is 467. The van der Waals surface area contributed by atoms with Crippen LogP contribution in [-0.2, 0) is 28.5 Å². The summed E-state index contributed by atoms with van der Waals surface area (Å²) in [7, 11) is 0. The van der Waals surface area contributed by atoms with Gasteiger partial charge in [-0.05, 0) is 24.3 Å². The van der Waals surface area contributed by atoms with Crippen LogP contribution in [0.3, 0.4) is 0 Å². The molecule has 8 heteroatoms. The number of carbonyl (C=O) groups excluding carboxylic acids is 1. The van der Waals surface area contributed by atoms with E-state index in [0.717, 1.165) is 5.75 Å². The van der Waals surface area contributed by atoms with Crippen LogP contribution in [-0.4, -0.2) is 72.0 Å². The summed E-state index contributed by atoms with van der Waals surface area (Å²) < 4.78 is 31.6. The molecule has 0 saturated heterocycles. The topological polar surface area (TPSA) is 98.5 Å². The van der Waals surface area contributed by atoms with E-state index in [4.69, 9.17) is 34.2 Å². The molecule has 0 spiro atoms. The number of hydrogen-bond acceptors (Lipinski definition) is 8. The molecule has 0 unspecified atom stereocenters. The molecule has 0 radical (unpaired) electrons. The van der Waals surface area contributed by atoms with E-state index in [1.54, 1.807) is 12.1 Å². The lowest BCUT2D eigenvalue weighted by atomic mass is 10.3. The Morgan fingerprint density at radius 2 is 1.15 bits per heavy atom. The average Bonchev–Trinajstić information content (AvgIpc) is 2.62. The van der Waals surface area contributed by atoms with Gasteiger partial charge in [0.25, 0.3) is 0 Å². The summed E-state index contributed by atoms with van der Waals surface area (Å²) in [6.45, 7) is 5.91. The Hall–Kier alpha value is -1.87. The highest BCUT2D eigenvalue weighted by atomic mass is 16.6. The number of rotatable bonds is 16. The first-order valence-corrected chi connectivity index (χ1v) is 8.61. The molecule has 1 rings (SSSR count). The fourth-order valence-electron chi connectivity index (χ4n) is 1.79. The molecule has 0 aliphatic rings. The Balaban J connectivity index is 1.74. The normalized spacial score (nSPS) is 10.7. The zero-order valence-corrected chi connectivity index (χ0v) is 15.3. The second-order valence-electron chi connectivity index (χ2n) is 5.21. The number of hydrogen-bond donors (Lipinski definition) is 1. The van der Waals surface area contributed by atoms with Crippen LogP contribution in [0.1, 0.15) is 6.92 Å². The van der Waals surface area contributed by atoms with Crippen LogP contribution < -0.4 is 10.5 Å². The number of nitrogens with two attached hydrogens (primary N) is 1. The van der Waals surface area contributed by atoms with E-state index in [0.29, 0.717) is 65.1 Å². The highest BCUT2D eigenvalue weighted by Crippen LogP contribution is 2.12. The first-order valence-electron chi connectivity index (χ1n) is 8.61.